The maximum atomic E-state index is 12.4. The number of rotatable bonds is 13. The van der Waals surface area contributed by atoms with Crippen molar-refractivity contribution in [1.29, 1.82) is 0 Å². The van der Waals surface area contributed by atoms with E-state index in [1.165, 1.54) is 28.9 Å². The van der Waals surface area contributed by atoms with Crippen LogP contribution in [0.1, 0.15) is 92.4 Å². The molecule has 0 aliphatic heterocycles. The third-order valence-corrected chi connectivity index (χ3v) is 5.94. The van der Waals surface area contributed by atoms with Crippen LogP contribution in [0.4, 0.5) is 0 Å². The Morgan fingerprint density at radius 3 is 1.84 bits per heavy atom. The molecule has 0 saturated carbocycles. The molecule has 1 atom stereocenters. The van der Waals surface area contributed by atoms with Crippen molar-refractivity contribution < 1.29 is 19.5 Å². The van der Waals surface area contributed by atoms with Gasteiger partial charge in [-0.25, -0.2) is 0 Å². The molecular weight excluding hydrogens is 400 g/mol. The topological polar surface area (TPSA) is 71.4 Å². The van der Waals surface area contributed by atoms with Crippen LogP contribution in [0.3, 0.4) is 0 Å². The van der Waals surface area contributed by atoms with Gasteiger partial charge in [-0.1, -0.05) is 46.6 Å². The van der Waals surface area contributed by atoms with Gasteiger partial charge in [0.2, 0.25) is 0 Å². The number of allylic oxidation sites excluding steroid dienone is 10. The Hall–Kier alpha value is -2.49. The number of carbonyl (C=O) groups is 3. The predicted molar refractivity (Wildman–Crippen MR) is 131 cm³/mol. The maximum absolute atomic E-state index is 12.4. The molecule has 176 valence electrons. The number of hydrogen-bond donors (Lipinski definition) is 1. The number of carboxylic acids is 1. The molecule has 0 bridgehead atoms. The minimum absolute atomic E-state index is 0.0291. The highest BCUT2D eigenvalue weighted by Gasteiger charge is 2.41. The molecule has 0 radical (unpaired) electrons. The molecule has 0 aromatic carbocycles. The monoisotopic (exact) mass is 440 g/mol. The summed E-state index contributed by atoms with van der Waals surface area (Å²) >= 11 is 0. The molecule has 4 nitrogen and oxygen atoms in total. The van der Waals surface area contributed by atoms with Crippen LogP contribution in [0, 0.1) is 5.41 Å². The summed E-state index contributed by atoms with van der Waals surface area (Å²) < 4.78 is 0. The van der Waals surface area contributed by atoms with Crippen molar-refractivity contribution in [3.05, 3.63) is 58.7 Å². The van der Waals surface area contributed by atoms with Gasteiger partial charge in [0.1, 0.15) is 0 Å². The Morgan fingerprint density at radius 2 is 1.34 bits per heavy atom. The van der Waals surface area contributed by atoms with Crippen LogP contribution in [0.25, 0.3) is 0 Å². The second-order valence-electron chi connectivity index (χ2n) is 9.44. The van der Waals surface area contributed by atoms with E-state index >= 15 is 0 Å². The lowest BCUT2D eigenvalue weighted by Gasteiger charge is -2.30. The second-order valence-corrected chi connectivity index (χ2v) is 9.44. The van der Waals surface area contributed by atoms with E-state index in [2.05, 4.69) is 45.9 Å². The van der Waals surface area contributed by atoms with Crippen LogP contribution in [-0.2, 0) is 14.4 Å². The SMILES string of the molecule is CC(C)=CCCC(C)=CCCC(C)=CCCC(C)=CCC1(CC(=O)O)CC(=O)C=CC1=O. The molecule has 4 heteroatoms. The van der Waals surface area contributed by atoms with E-state index in [-0.39, 0.29) is 24.4 Å². The Labute approximate surface area is 193 Å². The lowest BCUT2D eigenvalue weighted by atomic mass is 9.70. The van der Waals surface area contributed by atoms with E-state index in [1.54, 1.807) is 0 Å². The standard InChI is InChI=1S/C28H40O4/c1-21(2)9-6-10-22(3)11-7-12-23(4)13-8-14-24(5)17-18-28(20-27(31)32)19-25(29)15-16-26(28)30/h9,11,13,15-17H,6-8,10,12,14,18-20H2,1-5H3,(H,31,32). The van der Waals surface area contributed by atoms with Gasteiger partial charge in [0.05, 0.1) is 11.8 Å². The van der Waals surface area contributed by atoms with Crippen LogP contribution in [-0.4, -0.2) is 22.6 Å². The zero-order chi connectivity index (χ0) is 24.1. The second kappa shape index (κ2) is 13.8. The molecular formula is C28H40O4. The van der Waals surface area contributed by atoms with Crippen molar-refractivity contribution in [2.75, 3.05) is 0 Å². The van der Waals surface area contributed by atoms with Crippen LogP contribution in [0.15, 0.2) is 58.7 Å². The molecule has 32 heavy (non-hydrogen) atoms. The summed E-state index contributed by atoms with van der Waals surface area (Å²) in [6.07, 6.45) is 17.3. The van der Waals surface area contributed by atoms with Crippen LogP contribution in [0.2, 0.25) is 0 Å². The minimum atomic E-state index is -1.14. The van der Waals surface area contributed by atoms with Gasteiger partial charge in [0.25, 0.3) is 0 Å². The first-order valence-electron chi connectivity index (χ1n) is 11.6. The Kier molecular flexibility index (Phi) is 11.9. The molecule has 1 aliphatic carbocycles. The largest absolute Gasteiger partial charge is 0.481 e. The van der Waals surface area contributed by atoms with Gasteiger partial charge in [-0.05, 0) is 91.7 Å². The first kappa shape index (κ1) is 27.5. The third-order valence-electron chi connectivity index (χ3n) is 5.94. The number of aliphatic carboxylic acids is 1. The van der Waals surface area contributed by atoms with Gasteiger partial charge in [-0.15, -0.1) is 0 Å². The average molecular weight is 441 g/mol. The average Bonchev–Trinajstić information content (AvgIpc) is 2.68. The van der Waals surface area contributed by atoms with Crippen molar-refractivity contribution in [1.82, 2.24) is 0 Å². The van der Waals surface area contributed by atoms with E-state index in [1.807, 2.05) is 13.0 Å². The molecule has 0 aromatic heterocycles. The zero-order valence-corrected chi connectivity index (χ0v) is 20.5. The van der Waals surface area contributed by atoms with Crippen molar-refractivity contribution in [2.45, 2.75) is 92.4 Å². The summed E-state index contributed by atoms with van der Waals surface area (Å²) in [5.74, 6) is -1.49. The highest BCUT2D eigenvalue weighted by molar-refractivity contribution is 6.09. The van der Waals surface area contributed by atoms with E-state index in [0.717, 1.165) is 44.1 Å². The molecule has 0 amide bonds. The summed E-state index contributed by atoms with van der Waals surface area (Å²) in [5.41, 5.74) is 4.15. The Morgan fingerprint density at radius 1 is 0.844 bits per heavy atom. The third kappa shape index (κ3) is 10.7. The van der Waals surface area contributed by atoms with Gasteiger partial charge in [0.15, 0.2) is 11.6 Å². The molecule has 0 spiro atoms. The van der Waals surface area contributed by atoms with Crippen molar-refractivity contribution >= 4 is 17.5 Å². The lowest BCUT2D eigenvalue weighted by molar-refractivity contribution is -0.144. The molecule has 0 aromatic rings. The summed E-state index contributed by atoms with van der Waals surface area (Å²) in [6, 6.07) is 0. The van der Waals surface area contributed by atoms with E-state index in [0.29, 0.717) is 6.42 Å². The van der Waals surface area contributed by atoms with Crippen LogP contribution >= 0.6 is 0 Å². The molecule has 1 N–H and O–H groups in total. The molecule has 0 saturated heterocycles. The van der Waals surface area contributed by atoms with Crippen LogP contribution < -0.4 is 0 Å². The quantitative estimate of drug-likeness (QED) is 0.311. The highest BCUT2D eigenvalue weighted by Crippen LogP contribution is 2.37. The smallest absolute Gasteiger partial charge is 0.304 e. The fourth-order valence-corrected chi connectivity index (χ4v) is 3.87. The first-order chi connectivity index (χ1) is 15.0. The summed E-state index contributed by atoms with van der Waals surface area (Å²) in [4.78, 5) is 35.5. The summed E-state index contributed by atoms with van der Waals surface area (Å²) in [6.45, 7) is 10.6. The Bertz CT molecular complexity index is 831. The van der Waals surface area contributed by atoms with E-state index in [9.17, 15) is 19.5 Å². The zero-order valence-electron chi connectivity index (χ0n) is 20.5. The molecule has 1 rings (SSSR count). The van der Waals surface area contributed by atoms with Gasteiger partial charge in [-0.2, -0.15) is 0 Å². The maximum Gasteiger partial charge on any atom is 0.304 e. The van der Waals surface area contributed by atoms with Crippen molar-refractivity contribution in [3.8, 4) is 0 Å². The van der Waals surface area contributed by atoms with Crippen LogP contribution in [0.5, 0.6) is 0 Å². The molecule has 1 aliphatic rings. The minimum Gasteiger partial charge on any atom is -0.481 e. The predicted octanol–water partition coefficient (Wildman–Crippen LogP) is 7.08. The molecule has 1 unspecified atom stereocenters. The first-order valence-corrected chi connectivity index (χ1v) is 11.6. The fourth-order valence-electron chi connectivity index (χ4n) is 3.87. The van der Waals surface area contributed by atoms with Crippen molar-refractivity contribution in [2.24, 2.45) is 5.41 Å². The number of carbonyl (C=O) groups excluding carboxylic acids is 2. The highest BCUT2D eigenvalue weighted by atomic mass is 16.4. The number of carboxylic acid groups (broad SMARTS) is 1. The molecule has 0 heterocycles. The number of hydrogen-bond acceptors (Lipinski definition) is 3. The van der Waals surface area contributed by atoms with Crippen molar-refractivity contribution in [3.63, 3.8) is 0 Å². The fraction of sp³-hybridized carbons (Fsp3) is 0.536. The van der Waals surface area contributed by atoms with Gasteiger partial charge in [0, 0.05) is 6.42 Å². The lowest BCUT2D eigenvalue weighted by Crippen LogP contribution is -2.37. The van der Waals surface area contributed by atoms with Gasteiger partial charge >= 0.3 is 5.97 Å². The molecule has 0 fully saturated rings. The van der Waals surface area contributed by atoms with Gasteiger partial charge < -0.3 is 5.11 Å². The summed E-state index contributed by atoms with van der Waals surface area (Å²) in [7, 11) is 0. The van der Waals surface area contributed by atoms with E-state index < -0.39 is 11.4 Å². The number of ketones is 2. The summed E-state index contributed by atoms with van der Waals surface area (Å²) in [5, 5.41) is 9.25. The Balaban J connectivity index is 2.53. The normalized spacial score (nSPS) is 20.0. The van der Waals surface area contributed by atoms with Gasteiger partial charge in [-0.3, -0.25) is 14.4 Å². The van der Waals surface area contributed by atoms with E-state index in [4.69, 9.17) is 0 Å².